The number of ketones is 1. The van der Waals surface area contributed by atoms with Crippen LogP contribution in [-0.2, 0) is 4.79 Å². The Morgan fingerprint density at radius 3 is 2.41 bits per heavy atom. The van der Waals surface area contributed by atoms with E-state index in [9.17, 15) is 19.7 Å². The van der Waals surface area contributed by atoms with Gasteiger partial charge < -0.3 is 9.47 Å². The van der Waals surface area contributed by atoms with E-state index in [1.165, 1.54) is 20.3 Å². The summed E-state index contributed by atoms with van der Waals surface area (Å²) in [5.41, 5.74) is -0.554. The van der Waals surface area contributed by atoms with Gasteiger partial charge in [-0.2, -0.15) is 0 Å². The molecule has 17 heavy (non-hydrogen) atoms. The van der Waals surface area contributed by atoms with Crippen LogP contribution in [0, 0.1) is 10.1 Å². The molecule has 90 valence electrons. The number of hydrogen-bond donors (Lipinski definition) is 0. The summed E-state index contributed by atoms with van der Waals surface area (Å²) in [6.45, 7) is 0. The van der Waals surface area contributed by atoms with Crippen molar-refractivity contribution in [2.24, 2.45) is 0 Å². The number of ether oxygens (including phenoxy) is 2. The Hall–Kier alpha value is -2.44. The third-order valence-corrected chi connectivity index (χ3v) is 2.05. The Bertz CT molecular complexity index is 482. The summed E-state index contributed by atoms with van der Waals surface area (Å²) in [6, 6.07) is 2.18. The number of benzene rings is 1. The van der Waals surface area contributed by atoms with Crippen molar-refractivity contribution in [3.8, 4) is 11.5 Å². The predicted octanol–water partition coefficient (Wildman–Crippen LogP) is 0.994. The number of rotatable bonds is 5. The van der Waals surface area contributed by atoms with Crippen molar-refractivity contribution in [3.63, 3.8) is 0 Å². The molecule has 7 heteroatoms. The molecule has 7 nitrogen and oxygen atoms in total. The molecular formula is C10H9NO6. The van der Waals surface area contributed by atoms with Gasteiger partial charge >= 0.3 is 5.69 Å². The first-order valence-electron chi connectivity index (χ1n) is 4.45. The first kappa shape index (κ1) is 12.6. The fourth-order valence-electron chi connectivity index (χ4n) is 1.29. The van der Waals surface area contributed by atoms with Crippen LogP contribution >= 0.6 is 0 Å². The molecule has 0 bridgehead atoms. The van der Waals surface area contributed by atoms with E-state index < -0.39 is 16.4 Å². The Morgan fingerprint density at radius 1 is 1.35 bits per heavy atom. The fourth-order valence-corrected chi connectivity index (χ4v) is 1.29. The SMILES string of the molecule is COc1cc(C(=O)C=O)cc([N+](=O)[O-])c1OC. The summed E-state index contributed by atoms with van der Waals surface area (Å²) >= 11 is 0. The van der Waals surface area contributed by atoms with E-state index >= 15 is 0 Å². The molecule has 0 aromatic heterocycles. The predicted molar refractivity (Wildman–Crippen MR) is 56.6 cm³/mol. The highest BCUT2D eigenvalue weighted by atomic mass is 16.6. The van der Waals surface area contributed by atoms with E-state index in [0.717, 1.165) is 6.07 Å². The van der Waals surface area contributed by atoms with Gasteiger partial charge in [0.2, 0.25) is 11.5 Å². The summed E-state index contributed by atoms with van der Waals surface area (Å²) in [5, 5.41) is 10.8. The minimum absolute atomic E-state index is 0.0203. The fraction of sp³-hybridized carbons (Fsp3) is 0.200. The van der Waals surface area contributed by atoms with E-state index in [1.54, 1.807) is 0 Å². The number of carbonyl (C=O) groups is 2. The van der Waals surface area contributed by atoms with Crippen molar-refractivity contribution >= 4 is 17.8 Å². The molecule has 0 saturated carbocycles. The van der Waals surface area contributed by atoms with E-state index in [0.29, 0.717) is 0 Å². The molecule has 0 spiro atoms. The lowest BCUT2D eigenvalue weighted by atomic mass is 10.1. The van der Waals surface area contributed by atoms with Crippen LogP contribution in [0.25, 0.3) is 0 Å². The van der Waals surface area contributed by atoms with Crippen LogP contribution in [0.1, 0.15) is 10.4 Å². The Morgan fingerprint density at radius 2 is 2.00 bits per heavy atom. The van der Waals surface area contributed by atoms with Gasteiger partial charge in [-0.05, 0) is 6.07 Å². The zero-order chi connectivity index (χ0) is 13.0. The number of Topliss-reactive ketones (excluding diaryl/α,β-unsaturated/α-hetero) is 1. The summed E-state index contributed by atoms with van der Waals surface area (Å²) in [6.07, 6.45) is 0.0744. The zero-order valence-electron chi connectivity index (χ0n) is 9.13. The second-order valence-electron chi connectivity index (χ2n) is 2.97. The summed E-state index contributed by atoms with van der Waals surface area (Å²) in [4.78, 5) is 31.6. The third-order valence-electron chi connectivity index (χ3n) is 2.05. The van der Waals surface area contributed by atoms with E-state index in [4.69, 9.17) is 9.47 Å². The Kier molecular flexibility index (Phi) is 3.76. The summed E-state index contributed by atoms with van der Waals surface area (Å²) in [5.74, 6) is -0.944. The van der Waals surface area contributed by atoms with Crippen molar-refractivity contribution < 1.29 is 24.0 Å². The topological polar surface area (TPSA) is 95.7 Å². The number of carbonyl (C=O) groups excluding carboxylic acids is 2. The van der Waals surface area contributed by atoms with Gasteiger partial charge in [0.05, 0.1) is 19.1 Å². The number of methoxy groups -OCH3 is 2. The molecule has 0 fully saturated rings. The van der Waals surface area contributed by atoms with Crippen molar-refractivity contribution in [3.05, 3.63) is 27.8 Å². The molecule has 0 saturated heterocycles. The Balaban J connectivity index is 3.50. The van der Waals surface area contributed by atoms with Crippen molar-refractivity contribution in [2.75, 3.05) is 14.2 Å². The molecule has 1 aromatic carbocycles. The number of nitrogens with zero attached hydrogens (tertiary/aromatic N) is 1. The first-order chi connectivity index (χ1) is 8.04. The van der Waals surface area contributed by atoms with Gasteiger partial charge in [-0.15, -0.1) is 0 Å². The van der Waals surface area contributed by atoms with Gasteiger partial charge in [0.1, 0.15) is 0 Å². The van der Waals surface area contributed by atoms with Crippen LogP contribution in [0.5, 0.6) is 11.5 Å². The highest BCUT2D eigenvalue weighted by Crippen LogP contribution is 2.37. The first-order valence-corrected chi connectivity index (χ1v) is 4.45. The lowest BCUT2D eigenvalue weighted by Gasteiger charge is -2.08. The maximum absolute atomic E-state index is 11.2. The van der Waals surface area contributed by atoms with Crippen molar-refractivity contribution in [1.82, 2.24) is 0 Å². The molecule has 0 aliphatic rings. The standard InChI is InChI=1S/C10H9NO6/c1-16-9-4-6(8(13)5-12)3-7(11(14)15)10(9)17-2/h3-5H,1-2H3. The minimum Gasteiger partial charge on any atom is -0.493 e. The van der Waals surface area contributed by atoms with Crippen LogP contribution in [0.3, 0.4) is 0 Å². The van der Waals surface area contributed by atoms with E-state index in [1.807, 2.05) is 0 Å². The number of hydrogen-bond acceptors (Lipinski definition) is 6. The number of nitro groups is 1. The molecule has 0 N–H and O–H groups in total. The molecule has 0 radical (unpaired) electrons. The maximum Gasteiger partial charge on any atom is 0.315 e. The summed E-state index contributed by atoms with van der Waals surface area (Å²) in [7, 11) is 2.52. The zero-order valence-corrected chi connectivity index (χ0v) is 9.13. The number of aldehydes is 1. The lowest BCUT2D eigenvalue weighted by Crippen LogP contribution is -2.04. The second kappa shape index (κ2) is 5.06. The third kappa shape index (κ3) is 2.39. The van der Waals surface area contributed by atoms with E-state index in [-0.39, 0.29) is 23.3 Å². The molecule has 0 aliphatic heterocycles. The van der Waals surface area contributed by atoms with Gasteiger partial charge in [0.15, 0.2) is 12.0 Å². The van der Waals surface area contributed by atoms with Crippen molar-refractivity contribution in [1.29, 1.82) is 0 Å². The van der Waals surface area contributed by atoms with E-state index in [2.05, 4.69) is 0 Å². The van der Waals surface area contributed by atoms with Gasteiger partial charge in [0.25, 0.3) is 0 Å². The van der Waals surface area contributed by atoms with Crippen LogP contribution in [0.2, 0.25) is 0 Å². The smallest absolute Gasteiger partial charge is 0.315 e. The largest absolute Gasteiger partial charge is 0.493 e. The highest BCUT2D eigenvalue weighted by Gasteiger charge is 2.23. The lowest BCUT2D eigenvalue weighted by molar-refractivity contribution is -0.385. The molecule has 0 unspecified atom stereocenters. The average molecular weight is 239 g/mol. The molecule has 0 atom stereocenters. The van der Waals surface area contributed by atoms with Gasteiger partial charge in [0, 0.05) is 11.6 Å². The van der Waals surface area contributed by atoms with Gasteiger partial charge in [-0.25, -0.2) is 0 Å². The molecule has 0 aliphatic carbocycles. The molecule has 0 heterocycles. The van der Waals surface area contributed by atoms with Gasteiger partial charge in [-0.3, -0.25) is 19.7 Å². The van der Waals surface area contributed by atoms with Crippen LogP contribution in [0.4, 0.5) is 5.69 Å². The highest BCUT2D eigenvalue weighted by molar-refractivity contribution is 6.33. The quantitative estimate of drug-likeness (QED) is 0.250. The number of nitro benzene ring substituents is 1. The normalized spacial score (nSPS) is 9.53. The average Bonchev–Trinajstić information content (AvgIpc) is 2.35. The molecule has 1 rings (SSSR count). The molecular weight excluding hydrogens is 230 g/mol. The Labute approximate surface area is 96.1 Å². The second-order valence-corrected chi connectivity index (χ2v) is 2.97. The minimum atomic E-state index is -0.867. The summed E-state index contributed by atoms with van der Waals surface area (Å²) < 4.78 is 9.70. The molecule has 1 aromatic rings. The molecule has 0 amide bonds. The van der Waals surface area contributed by atoms with Crippen LogP contribution in [-0.4, -0.2) is 31.2 Å². The van der Waals surface area contributed by atoms with Crippen LogP contribution in [0.15, 0.2) is 12.1 Å². The van der Waals surface area contributed by atoms with Gasteiger partial charge in [-0.1, -0.05) is 0 Å². The monoisotopic (exact) mass is 239 g/mol. The van der Waals surface area contributed by atoms with Crippen LogP contribution < -0.4 is 9.47 Å². The van der Waals surface area contributed by atoms with Crippen molar-refractivity contribution in [2.45, 2.75) is 0 Å². The maximum atomic E-state index is 11.2.